The molecule has 10 nitrogen and oxygen atoms in total. The number of nitrogens with one attached hydrogen (secondary N) is 1. The van der Waals surface area contributed by atoms with Crippen molar-refractivity contribution in [3.63, 3.8) is 0 Å². The summed E-state index contributed by atoms with van der Waals surface area (Å²) in [6.45, 7) is 1.89. The van der Waals surface area contributed by atoms with Crippen molar-refractivity contribution in [2.24, 2.45) is 5.11 Å². The Bertz CT molecular complexity index is 741. The molecule has 0 amide bonds. The number of anilines is 1. The first kappa shape index (κ1) is 22.1. The normalized spacial score (nSPS) is 26.8. The minimum Gasteiger partial charge on any atom is -0.393 e. The van der Waals surface area contributed by atoms with Crippen molar-refractivity contribution < 1.29 is 19.3 Å². The van der Waals surface area contributed by atoms with Gasteiger partial charge >= 0.3 is 5.69 Å². The Balaban J connectivity index is 1.99. The third kappa shape index (κ3) is 4.99. The molecule has 28 heavy (non-hydrogen) atoms. The number of nitrogens with zero attached hydrogens (tertiary/aromatic N) is 5. The van der Waals surface area contributed by atoms with Crippen LogP contribution in [0.5, 0.6) is 0 Å². The van der Waals surface area contributed by atoms with E-state index in [1.54, 1.807) is 0 Å². The summed E-state index contributed by atoms with van der Waals surface area (Å²) >= 11 is 0. The summed E-state index contributed by atoms with van der Waals surface area (Å²) in [5.41, 5.74) is 5.61. The highest BCUT2D eigenvalue weighted by molar-refractivity contribution is 5.31. The molecule has 0 aliphatic carbocycles. The number of hydrogen-bond donors (Lipinski definition) is 3. The van der Waals surface area contributed by atoms with E-state index in [1.165, 1.54) is 37.9 Å². The molecule has 2 rings (SSSR count). The van der Waals surface area contributed by atoms with Crippen LogP contribution in [0, 0.1) is 0 Å². The van der Waals surface area contributed by atoms with Gasteiger partial charge in [-0.3, -0.25) is 4.57 Å². The van der Waals surface area contributed by atoms with Crippen molar-refractivity contribution >= 4 is 5.82 Å². The number of rotatable bonds is 11. The molecule has 2 heterocycles. The molecule has 0 saturated carbocycles. The molecule has 4 atom stereocenters. The summed E-state index contributed by atoms with van der Waals surface area (Å²) in [6, 6.07) is 1.49. The summed E-state index contributed by atoms with van der Waals surface area (Å²) in [5.74, 6) is 0.354. The molecular formula is C17H27FN6O4. The lowest BCUT2D eigenvalue weighted by Gasteiger charge is -2.23. The van der Waals surface area contributed by atoms with Gasteiger partial charge in [-0.05, 0) is 18.0 Å². The number of aromatic nitrogens is 2. The van der Waals surface area contributed by atoms with Crippen LogP contribution in [0.25, 0.3) is 10.4 Å². The van der Waals surface area contributed by atoms with E-state index in [2.05, 4.69) is 27.3 Å². The van der Waals surface area contributed by atoms with Crippen LogP contribution in [0.4, 0.5) is 10.2 Å². The van der Waals surface area contributed by atoms with Crippen LogP contribution in [-0.4, -0.2) is 50.9 Å². The summed E-state index contributed by atoms with van der Waals surface area (Å²) < 4.78 is 20.5. The molecule has 1 aliphatic heterocycles. The molecule has 3 N–H and O–H groups in total. The topological polar surface area (TPSA) is 145 Å². The number of aliphatic hydroxyl groups excluding tert-OH is 2. The van der Waals surface area contributed by atoms with E-state index in [-0.39, 0.29) is 0 Å². The average molecular weight is 398 g/mol. The maximum Gasteiger partial charge on any atom is 0.351 e. The van der Waals surface area contributed by atoms with Gasteiger partial charge in [-0.15, -0.1) is 0 Å². The van der Waals surface area contributed by atoms with Gasteiger partial charge in [0.1, 0.15) is 11.9 Å². The number of halogens is 1. The molecule has 0 spiro atoms. The first-order chi connectivity index (χ1) is 13.5. The Labute approximate surface area is 162 Å². The second-order valence-electron chi connectivity index (χ2n) is 6.79. The number of alkyl halides is 1. The van der Waals surface area contributed by atoms with E-state index in [9.17, 15) is 19.4 Å². The molecule has 1 saturated heterocycles. The predicted molar refractivity (Wildman–Crippen MR) is 100 cm³/mol. The van der Waals surface area contributed by atoms with Crippen LogP contribution in [0.3, 0.4) is 0 Å². The lowest BCUT2D eigenvalue weighted by Crippen LogP contribution is -2.43. The van der Waals surface area contributed by atoms with Crippen LogP contribution < -0.4 is 11.0 Å². The third-order valence-corrected chi connectivity index (χ3v) is 4.74. The number of azide groups is 1. The van der Waals surface area contributed by atoms with Crippen LogP contribution in [0.1, 0.15) is 51.7 Å². The molecule has 156 valence electrons. The molecular weight excluding hydrogens is 371 g/mol. The second-order valence-corrected chi connectivity index (χ2v) is 6.79. The fourth-order valence-corrected chi connectivity index (χ4v) is 3.11. The van der Waals surface area contributed by atoms with Crippen LogP contribution >= 0.6 is 0 Å². The van der Waals surface area contributed by atoms with Gasteiger partial charge in [0.25, 0.3) is 0 Å². The number of aliphatic hydroxyl groups is 2. The van der Waals surface area contributed by atoms with Crippen molar-refractivity contribution in [2.45, 2.75) is 69.7 Å². The molecule has 0 aromatic carbocycles. The van der Waals surface area contributed by atoms with Crippen molar-refractivity contribution in [3.8, 4) is 0 Å². The molecule has 1 aromatic rings. The molecule has 1 unspecified atom stereocenters. The van der Waals surface area contributed by atoms with Gasteiger partial charge in [-0.25, -0.2) is 9.18 Å². The highest BCUT2D eigenvalue weighted by atomic mass is 19.1. The maximum atomic E-state index is 14.5. The first-order valence-corrected chi connectivity index (χ1v) is 9.49. The zero-order valence-electron chi connectivity index (χ0n) is 15.9. The van der Waals surface area contributed by atoms with Gasteiger partial charge in [-0.2, -0.15) is 4.98 Å². The van der Waals surface area contributed by atoms with Gasteiger partial charge < -0.3 is 20.3 Å². The highest BCUT2D eigenvalue weighted by Crippen LogP contribution is 2.39. The van der Waals surface area contributed by atoms with E-state index in [1.807, 2.05) is 0 Å². The fourth-order valence-electron chi connectivity index (χ4n) is 3.11. The maximum absolute atomic E-state index is 14.5. The zero-order chi connectivity index (χ0) is 20.6. The Morgan fingerprint density at radius 3 is 2.79 bits per heavy atom. The van der Waals surface area contributed by atoms with E-state index in [0.717, 1.165) is 17.4 Å². The van der Waals surface area contributed by atoms with E-state index in [0.29, 0.717) is 12.4 Å². The van der Waals surface area contributed by atoms with E-state index < -0.39 is 36.5 Å². The largest absolute Gasteiger partial charge is 0.393 e. The monoisotopic (exact) mass is 398 g/mol. The van der Waals surface area contributed by atoms with E-state index in [4.69, 9.17) is 10.3 Å². The zero-order valence-corrected chi connectivity index (χ0v) is 15.9. The summed E-state index contributed by atoms with van der Waals surface area (Å²) in [4.78, 5) is 18.6. The lowest BCUT2D eigenvalue weighted by molar-refractivity contribution is -0.124. The summed E-state index contributed by atoms with van der Waals surface area (Å²) in [7, 11) is 0. The van der Waals surface area contributed by atoms with Crippen LogP contribution in [0.2, 0.25) is 0 Å². The quantitative estimate of drug-likeness (QED) is 0.225. The lowest BCUT2D eigenvalue weighted by atomic mass is 10.1. The van der Waals surface area contributed by atoms with Gasteiger partial charge in [0.05, 0.1) is 6.61 Å². The van der Waals surface area contributed by atoms with Crippen molar-refractivity contribution in [2.75, 3.05) is 18.5 Å². The van der Waals surface area contributed by atoms with Crippen molar-refractivity contribution in [3.05, 3.63) is 33.2 Å². The average Bonchev–Trinajstić information content (AvgIpc) is 2.93. The third-order valence-electron chi connectivity index (χ3n) is 4.74. The van der Waals surface area contributed by atoms with Crippen LogP contribution in [-0.2, 0) is 4.74 Å². The van der Waals surface area contributed by atoms with Gasteiger partial charge in [0.15, 0.2) is 12.4 Å². The standard InChI is InChI=1S/C17H27FN6O4/c1-2-3-4-5-6-7-9-20-12-8-10-24(16(27)21-12)15-13(18)14(26)17(11-25,28-15)22-23-19/h8,10,13-15,25-26H,2-7,9,11H2,1H3,(H,20,21,27)/t13-,14?,15+,17+/m0/s1. The second kappa shape index (κ2) is 10.4. The molecule has 0 bridgehead atoms. The Hall–Kier alpha value is -2.20. The smallest absolute Gasteiger partial charge is 0.351 e. The molecule has 0 radical (unpaired) electrons. The fraction of sp³-hybridized carbons (Fsp3) is 0.765. The van der Waals surface area contributed by atoms with Gasteiger partial charge in [-0.1, -0.05) is 44.1 Å². The van der Waals surface area contributed by atoms with Crippen LogP contribution in [0.15, 0.2) is 22.2 Å². The highest BCUT2D eigenvalue weighted by Gasteiger charge is 2.56. The number of hydrogen-bond acceptors (Lipinski definition) is 7. The summed E-state index contributed by atoms with van der Waals surface area (Å²) in [6.07, 6.45) is 2.56. The number of ether oxygens (including phenoxy) is 1. The van der Waals surface area contributed by atoms with Gasteiger partial charge in [0, 0.05) is 17.7 Å². The molecule has 1 aliphatic rings. The minimum absolute atomic E-state index is 0.354. The molecule has 11 heteroatoms. The predicted octanol–water partition coefficient (Wildman–Crippen LogP) is 2.24. The molecule has 1 aromatic heterocycles. The number of unbranched alkanes of at least 4 members (excludes halogenated alkanes) is 5. The molecule has 1 fully saturated rings. The Morgan fingerprint density at radius 1 is 1.43 bits per heavy atom. The van der Waals surface area contributed by atoms with Gasteiger partial charge in [0.2, 0.25) is 5.72 Å². The van der Waals surface area contributed by atoms with E-state index >= 15 is 0 Å². The summed E-state index contributed by atoms with van der Waals surface area (Å²) in [5, 5.41) is 25.6. The Morgan fingerprint density at radius 2 is 2.14 bits per heavy atom. The Kier molecular flexibility index (Phi) is 8.18. The first-order valence-electron chi connectivity index (χ1n) is 9.49. The SMILES string of the molecule is CCCCCCCCNc1ccn([C@@H]2O[C@@](CO)(N=[N+]=[N-])C(O)[C@@H]2F)c(=O)n1. The minimum atomic E-state index is -2.19. The van der Waals surface area contributed by atoms with Crippen molar-refractivity contribution in [1.29, 1.82) is 0 Å². The van der Waals surface area contributed by atoms with Crippen molar-refractivity contribution in [1.82, 2.24) is 9.55 Å².